The molecule has 1 heterocycles. The second-order valence-electron chi connectivity index (χ2n) is 9.68. The summed E-state index contributed by atoms with van der Waals surface area (Å²) < 4.78 is 23.7. The first-order chi connectivity index (χ1) is 14.2. The van der Waals surface area contributed by atoms with Crippen LogP contribution < -0.4 is 9.47 Å². The zero-order valence-electron chi connectivity index (χ0n) is 19.9. The van der Waals surface area contributed by atoms with Crippen molar-refractivity contribution in [3.8, 4) is 11.5 Å². The lowest BCUT2D eigenvalue weighted by Gasteiger charge is -2.36. The van der Waals surface area contributed by atoms with Crippen LogP contribution in [0.3, 0.4) is 0 Å². The lowest BCUT2D eigenvalue weighted by atomic mass is 10.3. The lowest BCUT2D eigenvalue weighted by Crippen LogP contribution is -2.23. The molecule has 172 valence electrons. The molecule has 0 radical (unpaired) electrons. The van der Waals surface area contributed by atoms with Crippen molar-refractivity contribution < 1.29 is 18.9 Å². The van der Waals surface area contributed by atoms with Crippen LogP contribution in [0.5, 0.6) is 11.5 Å². The van der Waals surface area contributed by atoms with Crippen molar-refractivity contribution in [2.24, 2.45) is 0 Å². The number of hydrogen-bond acceptors (Lipinski definition) is 4. The molecule has 1 aliphatic heterocycles. The number of ether oxygens (including phenoxy) is 4. The van der Waals surface area contributed by atoms with Crippen molar-refractivity contribution in [1.29, 1.82) is 0 Å². The summed E-state index contributed by atoms with van der Waals surface area (Å²) in [5, 5.41) is 0.726. The van der Waals surface area contributed by atoms with Gasteiger partial charge < -0.3 is 18.9 Å². The molecule has 1 aromatic rings. The maximum Gasteiger partial charge on any atom is 0.161 e. The quantitative estimate of drug-likeness (QED) is 0.445. The van der Waals surface area contributed by atoms with Crippen molar-refractivity contribution in [2.75, 3.05) is 64.3 Å². The topological polar surface area (TPSA) is 36.9 Å². The number of benzene rings is 1. The van der Waals surface area contributed by atoms with Gasteiger partial charge in [0.1, 0.15) is 13.2 Å². The van der Waals surface area contributed by atoms with Gasteiger partial charge in [0.2, 0.25) is 0 Å². The monoisotopic (exact) mass is 456 g/mol. The van der Waals surface area contributed by atoms with Crippen LogP contribution in [0, 0.1) is 0 Å². The van der Waals surface area contributed by atoms with Crippen molar-refractivity contribution in [2.45, 2.75) is 51.9 Å². The predicted octanol–water partition coefficient (Wildman–Crippen LogP) is 6.05. The highest BCUT2D eigenvalue weighted by Crippen LogP contribution is 2.55. The van der Waals surface area contributed by atoms with E-state index in [4.69, 9.17) is 18.9 Å². The molecular formula is C24H42O4P2. The SMILES string of the molecule is CC(C)(C)[P@]1CCOCCOc2ccccc2OCCOCC[P@](C(C)(C)C)CC1. The molecule has 0 saturated heterocycles. The Morgan fingerprint density at radius 2 is 0.967 bits per heavy atom. The first-order valence-electron chi connectivity index (χ1n) is 11.2. The van der Waals surface area contributed by atoms with E-state index in [0.717, 1.165) is 24.7 Å². The smallest absolute Gasteiger partial charge is 0.161 e. The molecule has 0 N–H and O–H groups in total. The van der Waals surface area contributed by atoms with Crippen molar-refractivity contribution in [3.63, 3.8) is 0 Å². The van der Waals surface area contributed by atoms with Gasteiger partial charge in [-0.15, -0.1) is 0 Å². The van der Waals surface area contributed by atoms with Gasteiger partial charge in [-0.1, -0.05) is 69.5 Å². The van der Waals surface area contributed by atoms with Gasteiger partial charge in [-0.25, -0.2) is 0 Å². The number of fused-ring (bicyclic) bond motifs is 1. The number of rotatable bonds is 0. The van der Waals surface area contributed by atoms with E-state index in [1.807, 2.05) is 24.3 Å². The summed E-state index contributed by atoms with van der Waals surface area (Å²) in [6, 6.07) is 7.83. The maximum absolute atomic E-state index is 5.95. The first-order valence-corrected chi connectivity index (χ1v) is 14.6. The summed E-state index contributed by atoms with van der Waals surface area (Å²) in [5.41, 5.74) is 0. The zero-order chi connectivity index (χ0) is 22.0. The average molecular weight is 457 g/mol. The summed E-state index contributed by atoms with van der Waals surface area (Å²) in [5.74, 6) is 1.55. The van der Waals surface area contributed by atoms with Crippen LogP contribution in [0.25, 0.3) is 0 Å². The van der Waals surface area contributed by atoms with Crippen LogP contribution in [0.4, 0.5) is 0 Å². The molecule has 6 heteroatoms. The van der Waals surface area contributed by atoms with Crippen LogP contribution in [0.1, 0.15) is 41.5 Å². The predicted molar refractivity (Wildman–Crippen MR) is 132 cm³/mol. The minimum absolute atomic E-state index is 0.0691. The average Bonchev–Trinajstić information content (AvgIpc) is 2.65. The van der Waals surface area contributed by atoms with Gasteiger partial charge in [-0.3, -0.25) is 0 Å². The van der Waals surface area contributed by atoms with Gasteiger partial charge in [0.15, 0.2) is 11.5 Å². The van der Waals surface area contributed by atoms with E-state index in [1.54, 1.807) is 0 Å². The van der Waals surface area contributed by atoms with E-state index in [-0.39, 0.29) is 15.8 Å². The van der Waals surface area contributed by atoms with Gasteiger partial charge >= 0.3 is 0 Å². The Hall–Kier alpha value is -0.400. The Morgan fingerprint density at radius 3 is 1.33 bits per heavy atom. The third-order valence-corrected chi connectivity index (χ3v) is 12.5. The molecule has 0 bridgehead atoms. The lowest BCUT2D eigenvalue weighted by molar-refractivity contribution is 0.101. The second kappa shape index (κ2) is 12.6. The Bertz CT molecular complexity index is 557. The van der Waals surface area contributed by atoms with Crippen molar-refractivity contribution in [3.05, 3.63) is 24.3 Å². The van der Waals surface area contributed by atoms with E-state index >= 15 is 0 Å². The van der Waals surface area contributed by atoms with E-state index in [2.05, 4.69) is 41.5 Å². The van der Waals surface area contributed by atoms with Crippen LogP contribution in [0.15, 0.2) is 24.3 Å². The van der Waals surface area contributed by atoms with Gasteiger partial charge in [-0.05, 0) is 47.1 Å². The van der Waals surface area contributed by atoms with Crippen LogP contribution >= 0.6 is 15.8 Å². The molecule has 0 aliphatic carbocycles. The third kappa shape index (κ3) is 9.39. The van der Waals surface area contributed by atoms with Gasteiger partial charge in [0.25, 0.3) is 0 Å². The minimum Gasteiger partial charge on any atom is -0.487 e. The summed E-state index contributed by atoms with van der Waals surface area (Å²) in [7, 11) is -0.138. The molecule has 2 rings (SSSR count). The van der Waals surface area contributed by atoms with E-state index < -0.39 is 0 Å². The maximum atomic E-state index is 5.95. The highest BCUT2D eigenvalue weighted by Gasteiger charge is 2.28. The molecule has 0 amide bonds. The van der Waals surface area contributed by atoms with E-state index in [9.17, 15) is 0 Å². The van der Waals surface area contributed by atoms with Gasteiger partial charge in [0.05, 0.1) is 26.4 Å². The highest BCUT2D eigenvalue weighted by molar-refractivity contribution is 7.63. The molecule has 1 aliphatic rings. The Balaban J connectivity index is 2.03. The van der Waals surface area contributed by atoms with Crippen molar-refractivity contribution in [1.82, 2.24) is 0 Å². The highest BCUT2D eigenvalue weighted by atomic mass is 31.1. The molecule has 0 saturated carbocycles. The molecule has 2 atom stereocenters. The zero-order valence-corrected chi connectivity index (χ0v) is 21.7. The second-order valence-corrected chi connectivity index (χ2v) is 16.3. The number of hydrogen-bond donors (Lipinski definition) is 0. The molecule has 1 aromatic carbocycles. The molecule has 0 aromatic heterocycles. The Labute approximate surface area is 186 Å². The van der Waals surface area contributed by atoms with Crippen LogP contribution in [-0.4, -0.2) is 74.6 Å². The van der Waals surface area contributed by atoms with Gasteiger partial charge in [0, 0.05) is 0 Å². The summed E-state index contributed by atoms with van der Waals surface area (Å²) in [4.78, 5) is 0. The minimum atomic E-state index is -0.0691. The van der Waals surface area contributed by atoms with Crippen LogP contribution in [0.2, 0.25) is 0 Å². The standard InChI is InChI=1S/C24H42O4P2/c1-23(2,3)29-17-15-25-11-13-27-21-9-7-8-10-22(21)28-14-12-26-16-18-30(20-19-29)24(4,5)6/h7-10H,11-20H2,1-6H3/t29-,30+. The van der Waals surface area contributed by atoms with E-state index in [0.29, 0.717) is 36.7 Å². The fourth-order valence-corrected chi connectivity index (χ4v) is 9.23. The number of para-hydroxylation sites is 2. The van der Waals surface area contributed by atoms with E-state index in [1.165, 1.54) is 24.6 Å². The molecule has 0 unspecified atom stereocenters. The summed E-state index contributed by atoms with van der Waals surface area (Å²) in [6.45, 7) is 18.3. The Kier molecular flexibility index (Phi) is 10.9. The first kappa shape index (κ1) is 25.9. The van der Waals surface area contributed by atoms with Crippen molar-refractivity contribution >= 4 is 15.8 Å². The molecule has 30 heavy (non-hydrogen) atoms. The Morgan fingerprint density at radius 1 is 0.567 bits per heavy atom. The molecule has 0 fully saturated rings. The third-order valence-electron chi connectivity index (χ3n) is 5.37. The van der Waals surface area contributed by atoms with Crippen LogP contribution in [-0.2, 0) is 9.47 Å². The fourth-order valence-electron chi connectivity index (χ4n) is 3.47. The van der Waals surface area contributed by atoms with Gasteiger partial charge in [-0.2, -0.15) is 0 Å². The molecule has 4 nitrogen and oxygen atoms in total. The molecular weight excluding hydrogens is 414 g/mol. The largest absolute Gasteiger partial charge is 0.487 e. The normalized spacial score (nSPS) is 23.9. The summed E-state index contributed by atoms with van der Waals surface area (Å²) >= 11 is 0. The molecule has 0 spiro atoms. The summed E-state index contributed by atoms with van der Waals surface area (Å²) in [6.07, 6.45) is 5.00. The fraction of sp³-hybridized carbons (Fsp3) is 0.750.